The minimum atomic E-state index is -0.200. The third kappa shape index (κ3) is 2.21. The molecule has 3 aromatic rings. The number of rotatable bonds is 2. The number of hydrogen-bond donors (Lipinski definition) is 3. The Hall–Kier alpha value is -2.82. The maximum Gasteiger partial charge on any atom is 0.257 e. The van der Waals surface area contributed by atoms with Crippen molar-refractivity contribution in [3.8, 4) is 0 Å². The van der Waals surface area contributed by atoms with E-state index in [0.29, 0.717) is 16.9 Å². The van der Waals surface area contributed by atoms with Gasteiger partial charge in [-0.3, -0.25) is 4.79 Å². The van der Waals surface area contributed by atoms with Crippen LogP contribution in [0.5, 0.6) is 0 Å². The highest BCUT2D eigenvalue weighted by Gasteiger charge is 2.09. The molecule has 0 fully saturated rings. The molecule has 20 heavy (non-hydrogen) atoms. The molecule has 1 amide bonds. The summed E-state index contributed by atoms with van der Waals surface area (Å²) in [7, 11) is 0. The van der Waals surface area contributed by atoms with Crippen LogP contribution in [-0.2, 0) is 0 Å². The van der Waals surface area contributed by atoms with Crippen molar-refractivity contribution in [2.45, 2.75) is 6.92 Å². The number of pyridine rings is 1. The van der Waals surface area contributed by atoms with Crippen LogP contribution >= 0.6 is 0 Å². The van der Waals surface area contributed by atoms with Crippen molar-refractivity contribution in [2.75, 3.05) is 11.1 Å². The molecule has 0 unspecified atom stereocenters. The van der Waals surface area contributed by atoms with Gasteiger partial charge in [0.1, 0.15) is 5.65 Å². The second kappa shape index (κ2) is 4.70. The number of carbonyl (C=O) groups excluding carboxylic acids is 1. The molecule has 4 N–H and O–H groups in total. The van der Waals surface area contributed by atoms with Crippen LogP contribution in [0.25, 0.3) is 11.0 Å². The summed E-state index contributed by atoms with van der Waals surface area (Å²) in [4.78, 5) is 19.4. The lowest BCUT2D eigenvalue weighted by Gasteiger charge is -2.09. The number of aryl methyl sites for hydroxylation is 1. The Bertz CT molecular complexity index is 791. The second-order valence-electron chi connectivity index (χ2n) is 4.67. The number of nitrogens with two attached hydrogens (primary N) is 1. The standard InChI is InChI=1S/C15H14N4O/c1-9-2-3-12(16)7-13(9)19-15(20)11-6-10-4-5-17-14(10)18-8-11/h2-8H,16H2,1H3,(H,17,18)(H,19,20). The number of hydrogen-bond acceptors (Lipinski definition) is 3. The van der Waals surface area contributed by atoms with Crippen LogP contribution in [0.2, 0.25) is 0 Å². The van der Waals surface area contributed by atoms with Gasteiger partial charge in [-0.25, -0.2) is 4.98 Å². The quantitative estimate of drug-likeness (QED) is 0.623. The SMILES string of the molecule is Cc1ccc(N)cc1NC(=O)c1cnc2[nH]ccc2c1. The molecule has 3 rings (SSSR count). The number of H-pyrrole nitrogens is 1. The highest BCUT2D eigenvalue weighted by Crippen LogP contribution is 2.19. The molecule has 2 heterocycles. The maximum atomic E-state index is 12.2. The van der Waals surface area contributed by atoms with Gasteiger partial charge in [0.25, 0.3) is 5.91 Å². The molecule has 1 aromatic carbocycles. The molecule has 0 radical (unpaired) electrons. The molecular formula is C15H14N4O. The fourth-order valence-corrected chi connectivity index (χ4v) is 2.03. The number of anilines is 2. The number of benzene rings is 1. The third-order valence-corrected chi connectivity index (χ3v) is 3.17. The molecule has 0 bridgehead atoms. The summed E-state index contributed by atoms with van der Waals surface area (Å²) in [5.74, 6) is -0.200. The normalized spacial score (nSPS) is 10.7. The summed E-state index contributed by atoms with van der Waals surface area (Å²) in [6.45, 7) is 1.92. The van der Waals surface area contributed by atoms with E-state index >= 15 is 0 Å². The Morgan fingerprint density at radius 2 is 2.15 bits per heavy atom. The Morgan fingerprint density at radius 3 is 3.00 bits per heavy atom. The van der Waals surface area contributed by atoms with Gasteiger partial charge in [-0.2, -0.15) is 0 Å². The highest BCUT2D eigenvalue weighted by atomic mass is 16.1. The first-order valence-corrected chi connectivity index (χ1v) is 6.24. The van der Waals surface area contributed by atoms with Crippen LogP contribution in [0.1, 0.15) is 15.9 Å². The zero-order chi connectivity index (χ0) is 14.1. The van der Waals surface area contributed by atoms with Crippen molar-refractivity contribution in [1.29, 1.82) is 0 Å². The van der Waals surface area contributed by atoms with Crippen LogP contribution in [-0.4, -0.2) is 15.9 Å². The molecule has 100 valence electrons. The van der Waals surface area contributed by atoms with E-state index < -0.39 is 0 Å². The molecule has 0 aliphatic heterocycles. The molecule has 2 aromatic heterocycles. The predicted octanol–water partition coefficient (Wildman–Crippen LogP) is 2.71. The molecular weight excluding hydrogens is 252 g/mol. The topological polar surface area (TPSA) is 83.8 Å². The van der Waals surface area contributed by atoms with Crippen LogP contribution in [0.15, 0.2) is 42.7 Å². The van der Waals surface area contributed by atoms with Crippen molar-refractivity contribution < 1.29 is 4.79 Å². The zero-order valence-corrected chi connectivity index (χ0v) is 11.0. The van der Waals surface area contributed by atoms with E-state index in [-0.39, 0.29) is 5.91 Å². The molecule has 0 aliphatic rings. The minimum absolute atomic E-state index is 0.200. The average molecular weight is 266 g/mol. The van der Waals surface area contributed by atoms with Gasteiger partial charge in [-0.1, -0.05) is 6.07 Å². The molecule has 0 atom stereocenters. The van der Waals surface area contributed by atoms with Gasteiger partial charge >= 0.3 is 0 Å². The van der Waals surface area contributed by atoms with E-state index in [2.05, 4.69) is 15.3 Å². The van der Waals surface area contributed by atoms with Crippen LogP contribution in [0, 0.1) is 6.92 Å². The lowest BCUT2D eigenvalue weighted by molar-refractivity contribution is 0.102. The number of carbonyl (C=O) groups is 1. The maximum absolute atomic E-state index is 12.2. The van der Waals surface area contributed by atoms with Crippen LogP contribution < -0.4 is 11.1 Å². The summed E-state index contributed by atoms with van der Waals surface area (Å²) >= 11 is 0. The van der Waals surface area contributed by atoms with Gasteiger partial charge in [-0.05, 0) is 36.8 Å². The van der Waals surface area contributed by atoms with Crippen molar-refractivity contribution >= 4 is 28.3 Å². The molecule has 0 saturated heterocycles. The monoisotopic (exact) mass is 266 g/mol. The molecule has 0 saturated carbocycles. The largest absolute Gasteiger partial charge is 0.399 e. The van der Waals surface area contributed by atoms with Gasteiger partial charge in [0.05, 0.1) is 5.56 Å². The van der Waals surface area contributed by atoms with Crippen molar-refractivity contribution in [1.82, 2.24) is 9.97 Å². The lowest BCUT2D eigenvalue weighted by atomic mass is 10.1. The fraction of sp³-hybridized carbons (Fsp3) is 0.0667. The number of nitrogen functional groups attached to an aromatic ring is 1. The van der Waals surface area contributed by atoms with Gasteiger partial charge in [-0.15, -0.1) is 0 Å². The first-order valence-electron chi connectivity index (χ1n) is 6.24. The number of aromatic nitrogens is 2. The summed E-state index contributed by atoms with van der Waals surface area (Å²) in [5.41, 5.74) is 9.30. The van der Waals surface area contributed by atoms with E-state index in [1.54, 1.807) is 30.6 Å². The van der Waals surface area contributed by atoms with Gasteiger partial charge in [0.2, 0.25) is 0 Å². The second-order valence-corrected chi connectivity index (χ2v) is 4.67. The summed E-state index contributed by atoms with van der Waals surface area (Å²) in [6.07, 6.45) is 3.34. The van der Waals surface area contributed by atoms with E-state index in [1.165, 1.54) is 0 Å². The van der Waals surface area contributed by atoms with E-state index in [4.69, 9.17) is 5.73 Å². The number of fused-ring (bicyclic) bond motifs is 1. The molecule has 0 aliphatic carbocycles. The molecule has 5 nitrogen and oxygen atoms in total. The van der Waals surface area contributed by atoms with E-state index in [0.717, 1.165) is 16.6 Å². The van der Waals surface area contributed by atoms with Crippen LogP contribution in [0.3, 0.4) is 0 Å². The Labute approximate surface area is 115 Å². The third-order valence-electron chi connectivity index (χ3n) is 3.17. The number of amides is 1. The lowest BCUT2D eigenvalue weighted by Crippen LogP contribution is -2.13. The number of nitrogens with one attached hydrogen (secondary N) is 2. The van der Waals surface area contributed by atoms with Gasteiger partial charge in [0, 0.05) is 29.2 Å². The van der Waals surface area contributed by atoms with Crippen molar-refractivity contribution in [2.24, 2.45) is 0 Å². The summed E-state index contributed by atoms with van der Waals surface area (Å²) < 4.78 is 0. The first kappa shape index (κ1) is 12.2. The molecule has 0 spiro atoms. The minimum Gasteiger partial charge on any atom is -0.399 e. The summed E-state index contributed by atoms with van der Waals surface area (Å²) in [6, 6.07) is 9.10. The first-order chi connectivity index (χ1) is 9.63. The van der Waals surface area contributed by atoms with Gasteiger partial charge < -0.3 is 16.0 Å². The van der Waals surface area contributed by atoms with Crippen molar-refractivity contribution in [3.63, 3.8) is 0 Å². The predicted molar refractivity (Wildman–Crippen MR) is 79.6 cm³/mol. The smallest absolute Gasteiger partial charge is 0.257 e. The van der Waals surface area contributed by atoms with Crippen LogP contribution in [0.4, 0.5) is 11.4 Å². The van der Waals surface area contributed by atoms with Crippen molar-refractivity contribution in [3.05, 3.63) is 53.9 Å². The Kier molecular flexibility index (Phi) is 2.87. The average Bonchev–Trinajstić information content (AvgIpc) is 2.90. The summed E-state index contributed by atoms with van der Waals surface area (Å²) in [5, 5.41) is 3.76. The highest BCUT2D eigenvalue weighted by molar-refractivity contribution is 6.06. The number of aromatic amines is 1. The van der Waals surface area contributed by atoms with E-state index in [9.17, 15) is 4.79 Å². The Morgan fingerprint density at radius 1 is 1.30 bits per heavy atom. The zero-order valence-electron chi connectivity index (χ0n) is 11.0. The number of nitrogens with zero attached hydrogens (tertiary/aromatic N) is 1. The van der Waals surface area contributed by atoms with E-state index in [1.807, 2.05) is 19.1 Å². The molecule has 5 heteroatoms. The van der Waals surface area contributed by atoms with Gasteiger partial charge in [0.15, 0.2) is 0 Å². The Balaban J connectivity index is 1.90. The fourth-order valence-electron chi connectivity index (χ4n) is 2.03.